The van der Waals surface area contributed by atoms with E-state index in [0.29, 0.717) is 0 Å². The van der Waals surface area contributed by atoms with E-state index in [1.54, 1.807) is 14.2 Å². The summed E-state index contributed by atoms with van der Waals surface area (Å²) in [6, 6.07) is 7.54. The number of hydrogen-bond donors (Lipinski definition) is 1. The summed E-state index contributed by atoms with van der Waals surface area (Å²) < 4.78 is 16.5. The van der Waals surface area contributed by atoms with Crippen molar-refractivity contribution in [2.45, 2.75) is 57.3 Å². The van der Waals surface area contributed by atoms with Gasteiger partial charge in [0.25, 0.3) is 0 Å². The second kappa shape index (κ2) is 9.64. The van der Waals surface area contributed by atoms with E-state index in [2.05, 4.69) is 5.32 Å². The fourth-order valence-electron chi connectivity index (χ4n) is 3.22. The third kappa shape index (κ3) is 5.49. The molecule has 1 fully saturated rings. The minimum atomic E-state index is -0.213. The number of hydrogen-bond acceptors (Lipinski definition) is 4. The maximum Gasteiger partial charge on any atom is 0.246 e. The minimum Gasteiger partial charge on any atom is -0.497 e. The third-order valence-electron chi connectivity index (χ3n) is 4.54. The lowest BCUT2D eigenvalue weighted by atomic mass is 9.98. The van der Waals surface area contributed by atoms with Gasteiger partial charge in [0.2, 0.25) is 5.91 Å². The maximum atomic E-state index is 12.1. The van der Waals surface area contributed by atoms with Gasteiger partial charge in [-0.25, -0.2) is 0 Å². The van der Waals surface area contributed by atoms with E-state index >= 15 is 0 Å². The van der Waals surface area contributed by atoms with E-state index in [9.17, 15) is 4.79 Å². The van der Waals surface area contributed by atoms with Crippen LogP contribution in [0, 0.1) is 0 Å². The smallest absolute Gasteiger partial charge is 0.246 e. The Balaban J connectivity index is 1.83. The Morgan fingerprint density at radius 3 is 2.42 bits per heavy atom. The molecule has 5 nitrogen and oxygen atoms in total. The lowest BCUT2D eigenvalue weighted by Crippen LogP contribution is -2.40. The zero-order valence-electron chi connectivity index (χ0n) is 14.9. The fraction of sp³-hybridized carbons (Fsp3) is 0.632. The van der Waals surface area contributed by atoms with E-state index in [-0.39, 0.29) is 30.8 Å². The molecule has 134 valence electrons. The van der Waals surface area contributed by atoms with Crippen molar-refractivity contribution in [3.63, 3.8) is 0 Å². The molecule has 1 aromatic carbocycles. The Morgan fingerprint density at radius 2 is 1.83 bits per heavy atom. The van der Waals surface area contributed by atoms with Crippen LogP contribution in [0.1, 0.15) is 50.7 Å². The maximum absolute atomic E-state index is 12.1. The highest BCUT2D eigenvalue weighted by Gasteiger charge is 2.22. The highest BCUT2D eigenvalue weighted by molar-refractivity contribution is 5.77. The van der Waals surface area contributed by atoms with Crippen LogP contribution in [0.2, 0.25) is 0 Å². The number of ether oxygens (including phenoxy) is 3. The van der Waals surface area contributed by atoms with E-state index in [1.807, 2.05) is 31.2 Å². The van der Waals surface area contributed by atoms with Gasteiger partial charge in [-0.05, 0) is 37.5 Å². The molecule has 0 radical (unpaired) electrons. The van der Waals surface area contributed by atoms with Crippen LogP contribution in [0.5, 0.6) is 5.75 Å². The third-order valence-corrected chi connectivity index (χ3v) is 4.54. The Labute approximate surface area is 144 Å². The molecule has 5 heteroatoms. The summed E-state index contributed by atoms with van der Waals surface area (Å²) in [6.07, 6.45) is 5.83. The van der Waals surface area contributed by atoms with Gasteiger partial charge >= 0.3 is 0 Å². The fourth-order valence-corrected chi connectivity index (χ4v) is 3.22. The molecule has 0 bridgehead atoms. The molecular formula is C19H29NO4. The average Bonchev–Trinajstić information content (AvgIpc) is 2.62. The number of benzene rings is 1. The van der Waals surface area contributed by atoms with Gasteiger partial charge in [-0.3, -0.25) is 4.79 Å². The number of carbonyl (C=O) groups excluding carboxylic acids is 1. The molecular weight excluding hydrogens is 306 g/mol. The number of rotatable bonds is 8. The predicted molar refractivity (Wildman–Crippen MR) is 93.2 cm³/mol. The van der Waals surface area contributed by atoms with Crippen LogP contribution in [-0.2, 0) is 14.3 Å². The Hall–Kier alpha value is -1.59. The van der Waals surface area contributed by atoms with Crippen molar-refractivity contribution in [3.05, 3.63) is 29.8 Å². The molecule has 0 aromatic heterocycles. The summed E-state index contributed by atoms with van der Waals surface area (Å²) in [7, 11) is 3.29. The number of amides is 1. The first kappa shape index (κ1) is 18.7. The van der Waals surface area contributed by atoms with Gasteiger partial charge in [-0.1, -0.05) is 31.4 Å². The Morgan fingerprint density at radius 1 is 1.17 bits per heavy atom. The highest BCUT2D eigenvalue weighted by atomic mass is 16.5. The van der Waals surface area contributed by atoms with Crippen molar-refractivity contribution >= 4 is 5.91 Å². The van der Waals surface area contributed by atoms with Gasteiger partial charge in [0.1, 0.15) is 18.5 Å². The molecule has 2 atom stereocenters. The molecule has 24 heavy (non-hydrogen) atoms. The summed E-state index contributed by atoms with van der Waals surface area (Å²) in [5.41, 5.74) is 0.999. The Bertz CT molecular complexity index is 497. The topological polar surface area (TPSA) is 56.8 Å². The van der Waals surface area contributed by atoms with E-state index in [1.165, 1.54) is 19.3 Å². The molecule has 1 amide bonds. The van der Waals surface area contributed by atoms with Crippen LogP contribution >= 0.6 is 0 Å². The summed E-state index contributed by atoms with van der Waals surface area (Å²) in [4.78, 5) is 12.1. The van der Waals surface area contributed by atoms with Gasteiger partial charge in [0.15, 0.2) is 0 Å². The first-order chi connectivity index (χ1) is 11.6. The highest BCUT2D eigenvalue weighted by Crippen LogP contribution is 2.23. The monoisotopic (exact) mass is 335 g/mol. The van der Waals surface area contributed by atoms with Crippen molar-refractivity contribution < 1.29 is 19.0 Å². The normalized spacial score (nSPS) is 18.0. The summed E-state index contributed by atoms with van der Waals surface area (Å²) in [5.74, 6) is 0.704. The van der Waals surface area contributed by atoms with Crippen LogP contribution in [-0.4, -0.2) is 38.9 Å². The first-order valence-electron chi connectivity index (χ1n) is 8.71. The van der Waals surface area contributed by atoms with Gasteiger partial charge < -0.3 is 19.5 Å². The van der Waals surface area contributed by atoms with Crippen LogP contribution in [0.15, 0.2) is 24.3 Å². The van der Waals surface area contributed by atoms with Gasteiger partial charge in [-0.15, -0.1) is 0 Å². The molecule has 1 aliphatic carbocycles. The number of methoxy groups -OCH3 is 2. The van der Waals surface area contributed by atoms with Crippen molar-refractivity contribution in [3.8, 4) is 5.75 Å². The molecule has 0 unspecified atom stereocenters. The largest absolute Gasteiger partial charge is 0.497 e. The second-order valence-corrected chi connectivity index (χ2v) is 6.36. The summed E-state index contributed by atoms with van der Waals surface area (Å²) >= 11 is 0. The SMILES string of the molecule is COc1ccc([C@H](OC)[C@H](C)NC(=O)COC2CCCCC2)cc1. The van der Waals surface area contributed by atoms with Crippen LogP contribution in [0.3, 0.4) is 0 Å². The van der Waals surface area contributed by atoms with Crippen molar-refractivity contribution in [2.75, 3.05) is 20.8 Å². The molecule has 0 heterocycles. The summed E-state index contributed by atoms with van der Waals surface area (Å²) in [5, 5.41) is 2.98. The molecule has 2 rings (SSSR count). The molecule has 1 aromatic rings. The molecule has 1 aliphatic rings. The quantitative estimate of drug-likeness (QED) is 0.792. The van der Waals surface area contributed by atoms with E-state index in [0.717, 1.165) is 24.2 Å². The number of nitrogens with one attached hydrogen (secondary N) is 1. The standard InChI is InChI=1S/C19H29NO4/c1-14(19(23-3)15-9-11-16(22-2)12-10-15)20-18(21)13-24-17-7-5-4-6-8-17/h9-12,14,17,19H,4-8,13H2,1-3H3,(H,20,21)/t14-,19+/m0/s1. The molecule has 1 saturated carbocycles. The minimum absolute atomic E-state index is 0.0939. The predicted octanol–water partition coefficient (Wildman–Crippen LogP) is 3.24. The number of carbonyl (C=O) groups is 1. The lowest BCUT2D eigenvalue weighted by Gasteiger charge is -2.25. The van der Waals surface area contributed by atoms with Crippen molar-refractivity contribution in [1.82, 2.24) is 5.32 Å². The lowest BCUT2D eigenvalue weighted by molar-refractivity contribution is -0.130. The van der Waals surface area contributed by atoms with Crippen LogP contribution in [0.25, 0.3) is 0 Å². The zero-order chi connectivity index (χ0) is 17.4. The van der Waals surface area contributed by atoms with Gasteiger partial charge in [0.05, 0.1) is 19.3 Å². The van der Waals surface area contributed by atoms with Crippen LogP contribution in [0.4, 0.5) is 0 Å². The zero-order valence-corrected chi connectivity index (χ0v) is 14.9. The van der Waals surface area contributed by atoms with Gasteiger partial charge in [0, 0.05) is 7.11 Å². The van der Waals surface area contributed by atoms with Crippen molar-refractivity contribution in [2.24, 2.45) is 0 Å². The van der Waals surface area contributed by atoms with Gasteiger partial charge in [-0.2, -0.15) is 0 Å². The molecule has 0 aliphatic heterocycles. The summed E-state index contributed by atoms with van der Waals surface area (Å²) in [6.45, 7) is 2.06. The molecule has 1 N–H and O–H groups in total. The molecule has 0 spiro atoms. The van der Waals surface area contributed by atoms with E-state index in [4.69, 9.17) is 14.2 Å². The second-order valence-electron chi connectivity index (χ2n) is 6.36. The van der Waals surface area contributed by atoms with Crippen LogP contribution < -0.4 is 10.1 Å². The van der Waals surface area contributed by atoms with Crippen molar-refractivity contribution in [1.29, 1.82) is 0 Å². The average molecular weight is 335 g/mol. The first-order valence-corrected chi connectivity index (χ1v) is 8.71. The Kier molecular flexibility index (Phi) is 7.53. The molecule has 0 saturated heterocycles. The van der Waals surface area contributed by atoms with E-state index < -0.39 is 0 Å².